The Hall–Kier alpha value is -2.35. The number of anilines is 1. The largest absolute Gasteiger partial charge is 0.312 e. The predicted molar refractivity (Wildman–Crippen MR) is 138 cm³/mol. The topological polar surface area (TPSA) is 20.3 Å². The first-order valence-corrected chi connectivity index (χ1v) is 12.6. The van der Waals surface area contributed by atoms with Gasteiger partial charge in [-0.1, -0.05) is 76.4 Å². The third kappa shape index (κ3) is 5.91. The van der Waals surface area contributed by atoms with Crippen LogP contribution in [-0.2, 0) is 11.2 Å². The maximum atomic E-state index is 12.3. The standard InChI is InChI=1S/C30H41NO/c1-6-8-9-10-23-11-13-25(14-12-23)26-15-17-27(18-16-26)29-20-19-28(21-24(29)7-2)31(5)30(32)22(3)4/h15-21,23,25H,3,6-14H2,1-2,4-5H3. The molecule has 2 nitrogen and oxygen atoms in total. The molecule has 0 atom stereocenters. The second kappa shape index (κ2) is 11.5. The van der Waals surface area contributed by atoms with E-state index in [1.807, 2.05) is 13.1 Å². The summed E-state index contributed by atoms with van der Waals surface area (Å²) in [7, 11) is 1.82. The molecule has 1 aliphatic rings. The zero-order valence-corrected chi connectivity index (χ0v) is 20.6. The number of carbonyl (C=O) groups is 1. The van der Waals surface area contributed by atoms with Gasteiger partial charge in [-0.3, -0.25) is 4.79 Å². The van der Waals surface area contributed by atoms with E-state index in [4.69, 9.17) is 0 Å². The Morgan fingerprint density at radius 2 is 1.69 bits per heavy atom. The lowest BCUT2D eigenvalue weighted by molar-refractivity contribution is -0.114. The molecule has 1 aliphatic carbocycles. The number of carbonyl (C=O) groups excluding carboxylic acids is 1. The Kier molecular flexibility index (Phi) is 8.73. The first-order valence-electron chi connectivity index (χ1n) is 12.6. The average molecular weight is 432 g/mol. The number of aryl methyl sites for hydroxylation is 1. The van der Waals surface area contributed by atoms with Gasteiger partial charge in [0, 0.05) is 18.3 Å². The lowest BCUT2D eigenvalue weighted by Gasteiger charge is -2.29. The minimum Gasteiger partial charge on any atom is -0.312 e. The summed E-state index contributed by atoms with van der Waals surface area (Å²) in [6, 6.07) is 15.6. The fraction of sp³-hybridized carbons (Fsp3) is 0.500. The molecule has 1 amide bonds. The van der Waals surface area contributed by atoms with E-state index in [1.54, 1.807) is 11.8 Å². The van der Waals surface area contributed by atoms with E-state index < -0.39 is 0 Å². The van der Waals surface area contributed by atoms with Crippen molar-refractivity contribution >= 4 is 11.6 Å². The van der Waals surface area contributed by atoms with E-state index in [2.05, 4.69) is 56.8 Å². The fourth-order valence-corrected chi connectivity index (χ4v) is 5.17. The van der Waals surface area contributed by atoms with Crippen molar-refractivity contribution in [3.05, 3.63) is 65.7 Å². The molecular weight excluding hydrogens is 390 g/mol. The Balaban J connectivity index is 1.68. The maximum absolute atomic E-state index is 12.3. The van der Waals surface area contributed by atoms with Crippen LogP contribution in [0.1, 0.15) is 89.2 Å². The minimum atomic E-state index is -0.0377. The molecule has 0 aromatic heterocycles. The molecule has 3 rings (SSSR count). The quantitative estimate of drug-likeness (QED) is 0.289. The highest BCUT2D eigenvalue weighted by molar-refractivity contribution is 6.04. The first-order chi connectivity index (χ1) is 15.4. The lowest BCUT2D eigenvalue weighted by atomic mass is 9.77. The Morgan fingerprint density at radius 1 is 1.00 bits per heavy atom. The molecular formula is C30H41NO. The summed E-state index contributed by atoms with van der Waals surface area (Å²) in [6.45, 7) is 10.0. The van der Waals surface area contributed by atoms with E-state index >= 15 is 0 Å². The number of rotatable bonds is 9. The Labute approximate surface area is 195 Å². The van der Waals surface area contributed by atoms with Crippen molar-refractivity contribution in [3.63, 3.8) is 0 Å². The number of nitrogens with zero attached hydrogens (tertiary/aromatic N) is 1. The van der Waals surface area contributed by atoms with Crippen LogP contribution in [-0.4, -0.2) is 13.0 Å². The van der Waals surface area contributed by atoms with Gasteiger partial charge in [-0.05, 0) is 85.3 Å². The van der Waals surface area contributed by atoms with Gasteiger partial charge >= 0.3 is 0 Å². The summed E-state index contributed by atoms with van der Waals surface area (Å²) in [5, 5.41) is 0. The van der Waals surface area contributed by atoms with Crippen molar-refractivity contribution in [2.24, 2.45) is 5.92 Å². The van der Waals surface area contributed by atoms with E-state index in [0.29, 0.717) is 5.57 Å². The van der Waals surface area contributed by atoms with Crippen molar-refractivity contribution in [3.8, 4) is 11.1 Å². The highest BCUT2D eigenvalue weighted by Gasteiger charge is 2.22. The van der Waals surface area contributed by atoms with Crippen molar-refractivity contribution in [2.45, 2.75) is 84.5 Å². The summed E-state index contributed by atoms with van der Waals surface area (Å²) in [6.07, 6.45) is 12.0. The van der Waals surface area contributed by atoms with Gasteiger partial charge in [-0.25, -0.2) is 0 Å². The molecule has 0 unspecified atom stereocenters. The smallest absolute Gasteiger partial charge is 0.253 e. The van der Waals surface area contributed by atoms with Gasteiger partial charge in [0.1, 0.15) is 0 Å². The molecule has 0 spiro atoms. The number of hydrogen-bond acceptors (Lipinski definition) is 1. The van der Waals surface area contributed by atoms with Crippen molar-refractivity contribution in [2.75, 3.05) is 11.9 Å². The number of benzene rings is 2. The Bertz CT molecular complexity index is 903. The third-order valence-electron chi connectivity index (χ3n) is 7.28. The predicted octanol–water partition coefficient (Wildman–Crippen LogP) is 8.31. The summed E-state index contributed by atoms with van der Waals surface area (Å²) >= 11 is 0. The molecule has 0 saturated heterocycles. The zero-order valence-electron chi connectivity index (χ0n) is 20.6. The normalized spacial score (nSPS) is 18.4. The van der Waals surface area contributed by atoms with E-state index in [1.165, 1.54) is 73.6 Å². The highest BCUT2D eigenvalue weighted by atomic mass is 16.2. The molecule has 0 bridgehead atoms. The van der Waals surface area contributed by atoms with Gasteiger partial charge in [0.05, 0.1) is 0 Å². The monoisotopic (exact) mass is 431 g/mol. The van der Waals surface area contributed by atoms with E-state index in [0.717, 1.165) is 23.9 Å². The number of unbranched alkanes of at least 4 members (excludes halogenated alkanes) is 2. The number of likely N-dealkylation sites (N-methyl/N-ethyl adjacent to an activating group) is 1. The van der Waals surface area contributed by atoms with E-state index in [-0.39, 0.29) is 5.91 Å². The third-order valence-corrected chi connectivity index (χ3v) is 7.28. The van der Waals surface area contributed by atoms with Crippen LogP contribution >= 0.6 is 0 Å². The molecule has 2 aromatic carbocycles. The molecule has 172 valence electrons. The SMILES string of the molecule is C=C(C)C(=O)N(C)c1ccc(-c2ccc(C3CCC(CCCCC)CC3)cc2)c(CC)c1. The van der Waals surface area contributed by atoms with Crippen LogP contribution in [0.4, 0.5) is 5.69 Å². The molecule has 2 aromatic rings. The highest BCUT2D eigenvalue weighted by Crippen LogP contribution is 2.38. The van der Waals surface area contributed by atoms with Gasteiger partial charge in [0.2, 0.25) is 0 Å². The number of hydrogen-bond donors (Lipinski definition) is 0. The van der Waals surface area contributed by atoms with Crippen molar-refractivity contribution in [1.82, 2.24) is 0 Å². The van der Waals surface area contributed by atoms with Crippen LogP contribution in [0.2, 0.25) is 0 Å². The zero-order chi connectivity index (χ0) is 23.1. The van der Waals surface area contributed by atoms with Gasteiger partial charge in [-0.15, -0.1) is 0 Å². The summed E-state index contributed by atoms with van der Waals surface area (Å²) in [5.74, 6) is 1.64. The number of amides is 1. The fourth-order valence-electron chi connectivity index (χ4n) is 5.17. The van der Waals surface area contributed by atoms with Crippen molar-refractivity contribution < 1.29 is 4.79 Å². The first kappa shape index (κ1) is 24.3. The molecule has 2 heteroatoms. The van der Waals surface area contributed by atoms with Crippen LogP contribution in [0.15, 0.2) is 54.6 Å². The molecule has 0 radical (unpaired) electrons. The van der Waals surface area contributed by atoms with E-state index in [9.17, 15) is 4.79 Å². The second-order valence-electron chi connectivity index (χ2n) is 9.67. The van der Waals surface area contributed by atoms with Crippen LogP contribution in [0.3, 0.4) is 0 Å². The lowest BCUT2D eigenvalue weighted by Crippen LogP contribution is -2.26. The van der Waals surface area contributed by atoms with Crippen LogP contribution in [0.25, 0.3) is 11.1 Å². The summed E-state index contributed by atoms with van der Waals surface area (Å²) in [4.78, 5) is 14.0. The molecule has 32 heavy (non-hydrogen) atoms. The molecule has 0 N–H and O–H groups in total. The molecule has 1 fully saturated rings. The van der Waals surface area contributed by atoms with Crippen LogP contribution in [0, 0.1) is 5.92 Å². The van der Waals surface area contributed by atoms with Crippen LogP contribution < -0.4 is 4.90 Å². The van der Waals surface area contributed by atoms with Gasteiger partial charge in [-0.2, -0.15) is 0 Å². The summed E-state index contributed by atoms with van der Waals surface area (Å²) in [5.41, 5.74) is 6.77. The summed E-state index contributed by atoms with van der Waals surface area (Å²) < 4.78 is 0. The second-order valence-corrected chi connectivity index (χ2v) is 9.67. The molecule has 0 heterocycles. The Morgan fingerprint density at radius 3 is 2.28 bits per heavy atom. The van der Waals surface area contributed by atoms with Gasteiger partial charge < -0.3 is 4.90 Å². The molecule has 1 saturated carbocycles. The van der Waals surface area contributed by atoms with Gasteiger partial charge in [0.15, 0.2) is 0 Å². The van der Waals surface area contributed by atoms with Gasteiger partial charge in [0.25, 0.3) is 5.91 Å². The maximum Gasteiger partial charge on any atom is 0.253 e. The minimum absolute atomic E-state index is 0.0377. The molecule has 0 aliphatic heterocycles. The van der Waals surface area contributed by atoms with Crippen LogP contribution in [0.5, 0.6) is 0 Å². The van der Waals surface area contributed by atoms with Crippen molar-refractivity contribution in [1.29, 1.82) is 0 Å². The average Bonchev–Trinajstić information content (AvgIpc) is 2.83.